The molecule has 152 valence electrons. The summed E-state index contributed by atoms with van der Waals surface area (Å²) in [5.41, 5.74) is 5.42. The zero-order valence-electron chi connectivity index (χ0n) is 16.3. The SMILES string of the molecule is O=C(O)C[C@@H](Cc1cccnc1)NC(=O)OCC1c2ccccc2-c2ccccc21. The number of hydrogen-bond acceptors (Lipinski definition) is 4. The molecule has 1 aromatic heterocycles. The van der Waals surface area contributed by atoms with Gasteiger partial charge in [-0.2, -0.15) is 0 Å². The van der Waals surface area contributed by atoms with Crippen LogP contribution in [0.1, 0.15) is 29.0 Å². The summed E-state index contributed by atoms with van der Waals surface area (Å²) < 4.78 is 5.53. The van der Waals surface area contributed by atoms with Gasteiger partial charge in [-0.1, -0.05) is 54.6 Å². The van der Waals surface area contributed by atoms with Crippen LogP contribution in [0.4, 0.5) is 4.79 Å². The van der Waals surface area contributed by atoms with E-state index in [1.54, 1.807) is 18.5 Å². The van der Waals surface area contributed by atoms with Gasteiger partial charge < -0.3 is 15.2 Å². The minimum atomic E-state index is -0.983. The highest BCUT2D eigenvalue weighted by molar-refractivity contribution is 5.79. The molecule has 0 spiro atoms. The van der Waals surface area contributed by atoms with Gasteiger partial charge in [0.15, 0.2) is 0 Å². The molecular weight excluding hydrogens is 380 g/mol. The van der Waals surface area contributed by atoms with Crippen molar-refractivity contribution in [1.82, 2.24) is 10.3 Å². The number of carbonyl (C=O) groups is 2. The molecule has 2 aromatic carbocycles. The smallest absolute Gasteiger partial charge is 0.407 e. The molecule has 0 fully saturated rings. The van der Waals surface area contributed by atoms with Crippen molar-refractivity contribution in [2.75, 3.05) is 6.61 Å². The van der Waals surface area contributed by atoms with Crippen LogP contribution in [0.2, 0.25) is 0 Å². The van der Waals surface area contributed by atoms with Crippen molar-refractivity contribution in [2.45, 2.75) is 24.8 Å². The number of nitrogens with zero attached hydrogens (tertiary/aromatic N) is 1. The number of aliphatic carboxylic acids is 1. The molecular formula is C24H22N2O4. The molecule has 6 nitrogen and oxygen atoms in total. The van der Waals surface area contributed by atoms with Crippen LogP contribution in [0.15, 0.2) is 73.1 Å². The second kappa shape index (κ2) is 8.78. The average molecular weight is 402 g/mol. The van der Waals surface area contributed by atoms with Crippen molar-refractivity contribution in [2.24, 2.45) is 0 Å². The molecule has 4 rings (SSSR count). The van der Waals surface area contributed by atoms with Gasteiger partial charge in [-0.05, 0) is 40.3 Å². The number of carboxylic acid groups (broad SMARTS) is 1. The van der Waals surface area contributed by atoms with E-state index in [0.29, 0.717) is 6.42 Å². The third-order valence-corrected chi connectivity index (χ3v) is 5.29. The molecule has 1 heterocycles. The van der Waals surface area contributed by atoms with Crippen LogP contribution in [0, 0.1) is 0 Å². The number of nitrogens with one attached hydrogen (secondary N) is 1. The predicted molar refractivity (Wildman–Crippen MR) is 112 cm³/mol. The molecule has 30 heavy (non-hydrogen) atoms. The number of carbonyl (C=O) groups excluding carboxylic acids is 1. The zero-order chi connectivity index (χ0) is 20.9. The lowest BCUT2D eigenvalue weighted by molar-refractivity contribution is -0.137. The summed E-state index contributed by atoms with van der Waals surface area (Å²) in [6.07, 6.45) is 2.86. The first-order valence-electron chi connectivity index (χ1n) is 9.84. The minimum Gasteiger partial charge on any atom is -0.481 e. The van der Waals surface area contributed by atoms with Gasteiger partial charge in [0.05, 0.1) is 6.42 Å². The molecule has 6 heteroatoms. The lowest BCUT2D eigenvalue weighted by atomic mass is 9.98. The number of rotatable bonds is 7. The Hall–Kier alpha value is -3.67. The van der Waals surface area contributed by atoms with Crippen LogP contribution in [0.5, 0.6) is 0 Å². The van der Waals surface area contributed by atoms with Crippen molar-refractivity contribution >= 4 is 12.1 Å². The Morgan fingerprint density at radius 1 is 1.00 bits per heavy atom. The molecule has 0 saturated carbocycles. The Labute approximate surface area is 174 Å². The monoisotopic (exact) mass is 402 g/mol. The lowest BCUT2D eigenvalue weighted by Crippen LogP contribution is -2.39. The van der Waals surface area contributed by atoms with Gasteiger partial charge in [-0.15, -0.1) is 0 Å². The van der Waals surface area contributed by atoms with Crippen LogP contribution in [-0.4, -0.2) is 34.8 Å². The van der Waals surface area contributed by atoms with Crippen molar-refractivity contribution in [1.29, 1.82) is 0 Å². The molecule has 1 aliphatic rings. The predicted octanol–water partition coefficient (Wildman–Crippen LogP) is 4.01. The van der Waals surface area contributed by atoms with Crippen LogP contribution < -0.4 is 5.32 Å². The van der Waals surface area contributed by atoms with Crippen LogP contribution in [0.25, 0.3) is 11.1 Å². The van der Waals surface area contributed by atoms with Gasteiger partial charge in [0.1, 0.15) is 6.61 Å². The zero-order valence-corrected chi connectivity index (χ0v) is 16.3. The molecule has 0 aliphatic heterocycles. The number of hydrogen-bond donors (Lipinski definition) is 2. The van der Waals surface area contributed by atoms with Gasteiger partial charge in [0, 0.05) is 24.4 Å². The molecule has 3 aromatic rings. The fourth-order valence-corrected chi connectivity index (χ4v) is 4.00. The molecule has 0 unspecified atom stereocenters. The summed E-state index contributed by atoms with van der Waals surface area (Å²) in [6.45, 7) is 0.187. The number of aromatic nitrogens is 1. The molecule has 0 saturated heterocycles. The second-order valence-electron chi connectivity index (χ2n) is 7.33. The second-order valence-corrected chi connectivity index (χ2v) is 7.33. The highest BCUT2D eigenvalue weighted by Gasteiger charge is 2.29. The van der Waals surface area contributed by atoms with Crippen molar-refractivity contribution < 1.29 is 19.4 Å². The average Bonchev–Trinajstić information content (AvgIpc) is 3.06. The Bertz CT molecular complexity index is 1010. The third kappa shape index (κ3) is 4.33. The van der Waals surface area contributed by atoms with Crippen LogP contribution in [-0.2, 0) is 16.0 Å². The molecule has 1 aliphatic carbocycles. The van der Waals surface area contributed by atoms with E-state index in [4.69, 9.17) is 4.74 Å². The van der Waals surface area contributed by atoms with Crippen molar-refractivity contribution in [3.63, 3.8) is 0 Å². The lowest BCUT2D eigenvalue weighted by Gasteiger charge is -2.19. The molecule has 1 atom stereocenters. The van der Waals surface area contributed by atoms with Crippen LogP contribution in [0.3, 0.4) is 0 Å². The Morgan fingerprint density at radius 3 is 2.27 bits per heavy atom. The summed E-state index contributed by atoms with van der Waals surface area (Å²) in [6, 6.07) is 19.3. The molecule has 1 amide bonds. The van der Waals surface area contributed by atoms with E-state index < -0.39 is 18.1 Å². The highest BCUT2D eigenvalue weighted by atomic mass is 16.5. The van der Waals surface area contributed by atoms with E-state index >= 15 is 0 Å². The summed E-state index contributed by atoms with van der Waals surface area (Å²) in [5.74, 6) is -1.03. The number of carboxylic acids is 1. The van der Waals surface area contributed by atoms with Crippen LogP contribution >= 0.6 is 0 Å². The summed E-state index contributed by atoms with van der Waals surface area (Å²) >= 11 is 0. The maximum absolute atomic E-state index is 12.5. The Kier molecular flexibility index (Phi) is 5.75. The van der Waals surface area contributed by atoms with E-state index in [-0.39, 0.29) is 18.9 Å². The minimum absolute atomic E-state index is 0.0422. The quantitative estimate of drug-likeness (QED) is 0.623. The maximum atomic E-state index is 12.5. The topological polar surface area (TPSA) is 88.5 Å². The van der Waals surface area contributed by atoms with E-state index in [1.165, 1.54) is 0 Å². The van der Waals surface area contributed by atoms with E-state index in [1.807, 2.05) is 30.3 Å². The van der Waals surface area contributed by atoms with E-state index in [0.717, 1.165) is 27.8 Å². The molecule has 2 N–H and O–H groups in total. The number of pyridine rings is 1. The first kappa shape index (κ1) is 19.6. The maximum Gasteiger partial charge on any atom is 0.407 e. The number of ether oxygens (including phenoxy) is 1. The van der Waals surface area contributed by atoms with E-state index in [9.17, 15) is 14.7 Å². The van der Waals surface area contributed by atoms with Crippen molar-refractivity contribution in [3.05, 3.63) is 89.7 Å². The largest absolute Gasteiger partial charge is 0.481 e. The molecule has 0 bridgehead atoms. The summed E-state index contributed by atoms with van der Waals surface area (Å²) in [5, 5.41) is 11.9. The fraction of sp³-hybridized carbons (Fsp3) is 0.208. The van der Waals surface area contributed by atoms with Gasteiger partial charge in [0.2, 0.25) is 0 Å². The number of amides is 1. The number of fused-ring (bicyclic) bond motifs is 3. The molecule has 0 radical (unpaired) electrons. The number of benzene rings is 2. The van der Waals surface area contributed by atoms with Gasteiger partial charge >= 0.3 is 12.1 Å². The summed E-state index contributed by atoms with van der Waals surface area (Å²) in [7, 11) is 0. The highest BCUT2D eigenvalue weighted by Crippen LogP contribution is 2.44. The number of alkyl carbamates (subject to hydrolysis) is 1. The first-order valence-corrected chi connectivity index (χ1v) is 9.84. The van der Waals surface area contributed by atoms with Crippen molar-refractivity contribution in [3.8, 4) is 11.1 Å². The van der Waals surface area contributed by atoms with Gasteiger partial charge in [-0.3, -0.25) is 9.78 Å². The van der Waals surface area contributed by atoms with Gasteiger partial charge in [0.25, 0.3) is 0 Å². The first-order chi connectivity index (χ1) is 14.6. The Morgan fingerprint density at radius 2 is 1.67 bits per heavy atom. The normalized spacial score (nSPS) is 13.2. The Balaban J connectivity index is 1.43. The third-order valence-electron chi connectivity index (χ3n) is 5.29. The van der Waals surface area contributed by atoms with E-state index in [2.05, 4.69) is 34.6 Å². The summed E-state index contributed by atoms with van der Waals surface area (Å²) in [4.78, 5) is 27.7. The fourth-order valence-electron chi connectivity index (χ4n) is 4.00. The van der Waals surface area contributed by atoms with Gasteiger partial charge in [-0.25, -0.2) is 4.79 Å². The standard InChI is InChI=1S/C24H22N2O4/c27-23(28)13-17(12-16-6-5-11-25-14-16)26-24(29)30-15-22-20-9-3-1-7-18(20)19-8-2-4-10-21(19)22/h1-11,14,17,22H,12-13,15H2,(H,26,29)(H,27,28)/t17-/m1/s1.